The van der Waals surface area contributed by atoms with Crippen LogP contribution in [0.3, 0.4) is 0 Å². The average Bonchev–Trinajstić information content (AvgIpc) is 3.51. The molecule has 0 bridgehead atoms. The van der Waals surface area contributed by atoms with E-state index in [1.807, 2.05) is 13.8 Å². The fourth-order valence-electron chi connectivity index (χ4n) is 3.26. The highest BCUT2D eigenvalue weighted by atomic mass is 32.2. The van der Waals surface area contributed by atoms with Crippen LogP contribution in [0.4, 0.5) is 0 Å². The third-order valence-electron chi connectivity index (χ3n) is 5.23. The third-order valence-corrected chi connectivity index (χ3v) is 6.65. The fraction of sp³-hybridized carbons (Fsp3) is 0.600. The van der Waals surface area contributed by atoms with Gasteiger partial charge in [0.15, 0.2) is 0 Å². The Hall–Kier alpha value is -1.93. The molecule has 1 aromatic carbocycles. The smallest absolute Gasteiger partial charge is 0.253 e. The van der Waals surface area contributed by atoms with Crippen LogP contribution in [0, 0.1) is 11.8 Å². The van der Waals surface area contributed by atoms with E-state index in [-0.39, 0.29) is 28.7 Å². The van der Waals surface area contributed by atoms with Crippen molar-refractivity contribution in [3.05, 3.63) is 29.8 Å². The fourth-order valence-corrected chi connectivity index (χ4v) is 4.42. The first-order valence-electron chi connectivity index (χ1n) is 9.95. The molecular formula is C20H29N3O4S. The summed E-state index contributed by atoms with van der Waals surface area (Å²) in [6.07, 6.45) is 3.76. The summed E-state index contributed by atoms with van der Waals surface area (Å²) < 4.78 is 27.6. The number of likely N-dealkylation sites (tertiary alicyclic amines) is 1. The minimum Gasteiger partial charge on any atom is -0.351 e. The molecule has 2 N–H and O–H groups in total. The number of carbonyl (C=O) groups is 2. The number of amides is 2. The van der Waals surface area contributed by atoms with Gasteiger partial charge in [0.25, 0.3) is 5.91 Å². The van der Waals surface area contributed by atoms with Crippen LogP contribution in [0.15, 0.2) is 29.2 Å². The molecule has 1 aromatic rings. The van der Waals surface area contributed by atoms with Crippen molar-refractivity contribution in [2.75, 3.05) is 19.6 Å². The Labute approximate surface area is 166 Å². The number of hydrogen-bond acceptors (Lipinski definition) is 4. The zero-order chi connectivity index (χ0) is 20.3. The Morgan fingerprint density at radius 2 is 1.96 bits per heavy atom. The van der Waals surface area contributed by atoms with Crippen molar-refractivity contribution < 1.29 is 18.0 Å². The molecule has 1 aliphatic carbocycles. The molecule has 1 saturated carbocycles. The van der Waals surface area contributed by atoms with Gasteiger partial charge in [0.05, 0.1) is 4.90 Å². The van der Waals surface area contributed by atoms with Gasteiger partial charge in [-0.25, -0.2) is 13.1 Å². The molecule has 2 aliphatic rings. The SMILES string of the molecule is CC(C)C(=O)NC1CCCN(C(=O)c2cccc(S(=O)(=O)NCC3CC3)c2)C1. The molecule has 2 amide bonds. The first kappa shape index (κ1) is 20.8. The van der Waals surface area contributed by atoms with Crippen LogP contribution in [-0.2, 0) is 14.8 Å². The standard InChI is InChI=1S/C20H29N3O4S/c1-14(2)19(24)22-17-6-4-10-23(13-17)20(25)16-5-3-7-18(11-16)28(26,27)21-12-15-8-9-15/h3,5,7,11,14-15,17,21H,4,6,8-10,12-13H2,1-2H3,(H,22,24). The zero-order valence-corrected chi connectivity index (χ0v) is 17.3. The first-order valence-corrected chi connectivity index (χ1v) is 11.4. The van der Waals surface area contributed by atoms with Gasteiger partial charge < -0.3 is 10.2 Å². The maximum atomic E-state index is 12.9. The molecule has 1 aliphatic heterocycles. The monoisotopic (exact) mass is 407 g/mol. The van der Waals surface area contributed by atoms with Gasteiger partial charge in [-0.05, 0) is 49.8 Å². The van der Waals surface area contributed by atoms with E-state index in [4.69, 9.17) is 0 Å². The zero-order valence-electron chi connectivity index (χ0n) is 16.5. The highest BCUT2D eigenvalue weighted by Crippen LogP contribution is 2.28. The lowest BCUT2D eigenvalue weighted by atomic mass is 10.0. The summed E-state index contributed by atoms with van der Waals surface area (Å²) in [5.41, 5.74) is 0.352. The molecule has 28 heavy (non-hydrogen) atoms. The van der Waals surface area contributed by atoms with Crippen LogP contribution < -0.4 is 10.0 Å². The van der Waals surface area contributed by atoms with E-state index in [1.165, 1.54) is 12.1 Å². The Kier molecular flexibility index (Phi) is 6.40. The van der Waals surface area contributed by atoms with Gasteiger partial charge in [0.1, 0.15) is 0 Å². The molecule has 7 nitrogen and oxygen atoms in total. The Balaban J connectivity index is 1.67. The largest absolute Gasteiger partial charge is 0.351 e. The second kappa shape index (κ2) is 8.61. The lowest BCUT2D eigenvalue weighted by molar-refractivity contribution is -0.125. The minimum atomic E-state index is -3.62. The van der Waals surface area contributed by atoms with Crippen LogP contribution in [0.25, 0.3) is 0 Å². The van der Waals surface area contributed by atoms with E-state index in [0.717, 1.165) is 25.7 Å². The molecule has 0 radical (unpaired) electrons. The van der Waals surface area contributed by atoms with Crippen molar-refractivity contribution in [1.82, 2.24) is 14.9 Å². The van der Waals surface area contributed by atoms with E-state index in [2.05, 4.69) is 10.0 Å². The summed E-state index contributed by atoms with van der Waals surface area (Å²) >= 11 is 0. The summed E-state index contributed by atoms with van der Waals surface area (Å²) in [7, 11) is -3.62. The number of rotatable bonds is 7. The second-order valence-corrected chi connectivity index (χ2v) is 9.84. The molecule has 0 aromatic heterocycles. The molecule has 1 atom stereocenters. The average molecular weight is 408 g/mol. The van der Waals surface area contributed by atoms with Crippen molar-refractivity contribution in [3.8, 4) is 0 Å². The molecule has 3 rings (SSSR count). The van der Waals surface area contributed by atoms with Crippen molar-refractivity contribution in [2.45, 2.75) is 50.5 Å². The maximum absolute atomic E-state index is 12.9. The van der Waals surface area contributed by atoms with Gasteiger partial charge in [0.2, 0.25) is 15.9 Å². The number of nitrogens with one attached hydrogen (secondary N) is 2. The second-order valence-electron chi connectivity index (χ2n) is 8.08. The van der Waals surface area contributed by atoms with E-state index in [9.17, 15) is 18.0 Å². The number of carbonyl (C=O) groups excluding carboxylic acids is 2. The van der Waals surface area contributed by atoms with Gasteiger partial charge in [-0.15, -0.1) is 0 Å². The van der Waals surface area contributed by atoms with Gasteiger partial charge >= 0.3 is 0 Å². The van der Waals surface area contributed by atoms with Crippen LogP contribution in [0.5, 0.6) is 0 Å². The van der Waals surface area contributed by atoms with Crippen molar-refractivity contribution in [1.29, 1.82) is 0 Å². The van der Waals surface area contributed by atoms with Gasteiger partial charge in [0, 0.05) is 37.2 Å². The Bertz CT molecular complexity index is 834. The summed E-state index contributed by atoms with van der Waals surface area (Å²) in [4.78, 5) is 26.7. The van der Waals surface area contributed by atoms with Gasteiger partial charge in [-0.3, -0.25) is 9.59 Å². The van der Waals surface area contributed by atoms with Crippen molar-refractivity contribution in [2.24, 2.45) is 11.8 Å². The highest BCUT2D eigenvalue weighted by Gasteiger charge is 2.28. The van der Waals surface area contributed by atoms with Crippen molar-refractivity contribution in [3.63, 3.8) is 0 Å². The predicted molar refractivity (Wildman–Crippen MR) is 106 cm³/mol. The summed E-state index contributed by atoms with van der Waals surface area (Å²) in [6.45, 7) is 5.16. The first-order chi connectivity index (χ1) is 13.3. The molecular weight excluding hydrogens is 378 g/mol. The third kappa shape index (κ3) is 5.32. The molecule has 8 heteroatoms. The van der Waals surface area contributed by atoms with E-state index < -0.39 is 10.0 Å². The lowest BCUT2D eigenvalue weighted by Gasteiger charge is -2.33. The normalized spacial score (nSPS) is 20.2. The number of benzene rings is 1. The summed E-state index contributed by atoms with van der Waals surface area (Å²) in [5, 5.41) is 2.98. The number of sulfonamides is 1. The Morgan fingerprint density at radius 3 is 2.64 bits per heavy atom. The summed E-state index contributed by atoms with van der Waals surface area (Å²) in [5.74, 6) is 0.110. The van der Waals surface area contributed by atoms with E-state index in [1.54, 1.807) is 17.0 Å². The molecule has 1 heterocycles. The number of hydrogen-bond donors (Lipinski definition) is 2. The maximum Gasteiger partial charge on any atom is 0.253 e. The number of nitrogens with zero attached hydrogens (tertiary/aromatic N) is 1. The van der Waals surface area contributed by atoms with E-state index in [0.29, 0.717) is 31.1 Å². The summed E-state index contributed by atoms with van der Waals surface area (Å²) in [6, 6.07) is 6.11. The lowest BCUT2D eigenvalue weighted by Crippen LogP contribution is -2.50. The van der Waals surface area contributed by atoms with Crippen LogP contribution in [0.1, 0.15) is 49.9 Å². The van der Waals surface area contributed by atoms with Gasteiger partial charge in [-0.1, -0.05) is 19.9 Å². The molecule has 2 fully saturated rings. The molecule has 1 unspecified atom stereocenters. The minimum absolute atomic E-state index is 0.0193. The van der Waals surface area contributed by atoms with Crippen LogP contribution in [0.2, 0.25) is 0 Å². The molecule has 0 spiro atoms. The quantitative estimate of drug-likeness (QED) is 0.720. The van der Waals surface area contributed by atoms with E-state index >= 15 is 0 Å². The van der Waals surface area contributed by atoms with Crippen molar-refractivity contribution >= 4 is 21.8 Å². The molecule has 1 saturated heterocycles. The number of piperidine rings is 1. The Morgan fingerprint density at radius 1 is 1.21 bits per heavy atom. The predicted octanol–water partition coefficient (Wildman–Crippen LogP) is 1.75. The highest BCUT2D eigenvalue weighted by molar-refractivity contribution is 7.89. The van der Waals surface area contributed by atoms with Crippen LogP contribution >= 0.6 is 0 Å². The van der Waals surface area contributed by atoms with Crippen LogP contribution in [-0.4, -0.2) is 50.8 Å². The topological polar surface area (TPSA) is 95.6 Å². The van der Waals surface area contributed by atoms with Gasteiger partial charge in [-0.2, -0.15) is 0 Å². The molecule has 154 valence electrons.